The molecule has 0 aromatic carbocycles. The molecule has 0 saturated heterocycles. The van der Waals surface area contributed by atoms with Gasteiger partial charge in [-0.05, 0) is 12.8 Å². The molecule has 0 saturated carbocycles. The molecule has 0 heterocycles. The first-order valence-corrected chi connectivity index (χ1v) is 8.04. The van der Waals surface area contributed by atoms with Crippen LogP contribution in [0.2, 0.25) is 0 Å². The zero-order valence-electron chi connectivity index (χ0n) is 9.23. The maximum absolute atomic E-state index is 11.1. The Bertz CT molecular complexity index is 301. The van der Waals surface area contributed by atoms with Gasteiger partial charge in [-0.2, -0.15) is 0 Å². The molecule has 0 amide bonds. The van der Waals surface area contributed by atoms with Crippen molar-refractivity contribution in [3.8, 4) is 0 Å². The van der Waals surface area contributed by atoms with Crippen molar-refractivity contribution in [1.82, 2.24) is 5.09 Å². The molecule has 0 radical (unpaired) electrons. The van der Waals surface area contributed by atoms with E-state index in [1.165, 1.54) is 0 Å². The van der Waals surface area contributed by atoms with Crippen LogP contribution in [0.5, 0.6) is 0 Å². The molecule has 0 aliphatic heterocycles. The number of rotatable bonds is 7. The van der Waals surface area contributed by atoms with Gasteiger partial charge in [0.25, 0.3) is 0 Å². The van der Waals surface area contributed by atoms with Gasteiger partial charge >= 0.3 is 29.6 Å². The summed E-state index contributed by atoms with van der Waals surface area (Å²) in [5, 5.41) is 2.79. The molecule has 9 heteroatoms. The average molecular weight is 267 g/mol. The minimum absolute atomic E-state index is 0. The summed E-state index contributed by atoms with van der Waals surface area (Å²) in [6.07, 6.45) is 1.05. The first-order chi connectivity index (χ1) is 6.21. The summed E-state index contributed by atoms with van der Waals surface area (Å²) in [6, 6.07) is 0. The molecule has 0 unspecified atom stereocenters. The van der Waals surface area contributed by atoms with Gasteiger partial charge in [0, 0.05) is 19.9 Å². The minimum Gasteiger partial charge on any atom is -0.726 e. The van der Waals surface area contributed by atoms with Crippen molar-refractivity contribution in [2.24, 2.45) is 0 Å². The van der Waals surface area contributed by atoms with Gasteiger partial charge in [0.2, 0.25) is 10.4 Å². The van der Waals surface area contributed by atoms with E-state index < -0.39 is 17.7 Å². The molecular formula is C6H15NNaO5PS. The Morgan fingerprint density at radius 3 is 2.27 bits per heavy atom. The Morgan fingerprint density at radius 2 is 1.87 bits per heavy atom. The Hall–Kier alpha value is 1.06. The van der Waals surface area contributed by atoms with E-state index in [4.69, 9.17) is 0 Å². The average Bonchev–Trinajstić information content (AvgIpc) is 1.92. The first-order valence-electron chi connectivity index (χ1n) is 4.11. The molecule has 0 atom stereocenters. The summed E-state index contributed by atoms with van der Waals surface area (Å²) < 4.78 is 45.1. The molecule has 0 rings (SSSR count). The molecule has 0 fully saturated rings. The van der Waals surface area contributed by atoms with Crippen LogP contribution < -0.4 is 34.6 Å². The van der Waals surface area contributed by atoms with Gasteiger partial charge in [0.15, 0.2) is 0 Å². The van der Waals surface area contributed by atoms with Crippen molar-refractivity contribution in [3.05, 3.63) is 0 Å². The Kier molecular flexibility index (Phi) is 10.1. The molecule has 0 aliphatic rings. The van der Waals surface area contributed by atoms with Gasteiger partial charge in [-0.25, -0.2) is 8.42 Å². The van der Waals surface area contributed by atoms with Crippen molar-refractivity contribution in [1.29, 1.82) is 0 Å². The minimum atomic E-state index is -4.56. The zero-order chi connectivity index (χ0) is 11.2. The maximum atomic E-state index is 11.1. The van der Waals surface area contributed by atoms with Crippen LogP contribution in [0.3, 0.4) is 0 Å². The van der Waals surface area contributed by atoms with E-state index in [2.05, 4.69) is 9.27 Å². The van der Waals surface area contributed by atoms with Crippen molar-refractivity contribution in [2.45, 2.75) is 12.8 Å². The molecule has 6 nitrogen and oxygen atoms in total. The quantitative estimate of drug-likeness (QED) is 0.178. The van der Waals surface area contributed by atoms with E-state index in [1.807, 2.05) is 0 Å². The van der Waals surface area contributed by atoms with Crippen LogP contribution in [-0.4, -0.2) is 39.5 Å². The molecule has 1 N–H and O–H groups in total. The van der Waals surface area contributed by atoms with E-state index in [0.717, 1.165) is 0 Å². The third-order valence-corrected chi connectivity index (χ3v) is 2.73. The molecule has 0 aliphatic carbocycles. The first kappa shape index (κ1) is 18.4. The monoisotopic (exact) mass is 267 g/mol. The maximum Gasteiger partial charge on any atom is 1.00 e. The van der Waals surface area contributed by atoms with Gasteiger partial charge in [-0.3, -0.25) is 9.27 Å². The van der Waals surface area contributed by atoms with Gasteiger partial charge in [0.05, 0.1) is 6.61 Å². The summed E-state index contributed by atoms with van der Waals surface area (Å²) in [5.41, 5.74) is 0. The van der Waals surface area contributed by atoms with Crippen LogP contribution in [0.4, 0.5) is 0 Å². The molecule has 0 aromatic heterocycles. The summed E-state index contributed by atoms with van der Waals surface area (Å²) >= 11 is 0. The summed E-state index contributed by atoms with van der Waals surface area (Å²) in [6.45, 7) is 3.61. The van der Waals surface area contributed by atoms with Crippen LogP contribution in [-0.2, 0) is 19.1 Å². The van der Waals surface area contributed by atoms with E-state index in [9.17, 15) is 17.5 Å². The van der Waals surface area contributed by atoms with Crippen LogP contribution in [0.1, 0.15) is 12.8 Å². The Labute approximate surface area is 113 Å². The predicted molar refractivity (Wildman–Crippen MR) is 52.3 cm³/mol. The summed E-state index contributed by atoms with van der Waals surface area (Å²) in [5.74, 6) is 0. The molecule has 15 heavy (non-hydrogen) atoms. The second-order valence-corrected chi connectivity index (χ2v) is 7.27. The van der Waals surface area contributed by atoms with Crippen LogP contribution in [0, 0.1) is 0 Å². The molecular weight excluding hydrogens is 252 g/mol. The fourth-order valence-corrected chi connectivity index (χ4v) is 1.75. The number of hydrogen-bond donors (Lipinski definition) is 1. The molecule has 0 aromatic rings. The van der Waals surface area contributed by atoms with E-state index in [-0.39, 0.29) is 36.2 Å². The number of hydrogen-bond acceptors (Lipinski definition) is 5. The SMILES string of the molecule is CP(C)(=O)NCCCCOS(=O)(=O)[O-].[Na+]. The Balaban J connectivity index is 0. The standard InChI is InChI=1S/C6H16NO5PS.Na/c1-13(2,8)7-5-3-4-6-12-14(9,10)11;/h3-6H2,1-2H3,(H,7,8)(H,9,10,11);/q;+1/p-1. The van der Waals surface area contributed by atoms with Gasteiger partial charge in [0.1, 0.15) is 7.29 Å². The van der Waals surface area contributed by atoms with E-state index >= 15 is 0 Å². The molecule has 0 bridgehead atoms. The van der Waals surface area contributed by atoms with Crippen LogP contribution in [0.25, 0.3) is 0 Å². The van der Waals surface area contributed by atoms with Gasteiger partial charge < -0.3 is 9.12 Å². The normalized spacial score (nSPS) is 12.2. The van der Waals surface area contributed by atoms with Gasteiger partial charge in [-0.15, -0.1) is 0 Å². The summed E-state index contributed by atoms with van der Waals surface area (Å²) in [7, 11) is -6.78. The largest absolute Gasteiger partial charge is 1.00 e. The van der Waals surface area contributed by atoms with E-state index in [1.54, 1.807) is 13.3 Å². The third-order valence-electron chi connectivity index (χ3n) is 1.29. The Morgan fingerprint density at radius 1 is 1.33 bits per heavy atom. The fraction of sp³-hybridized carbons (Fsp3) is 1.00. The topological polar surface area (TPSA) is 95.5 Å². The number of nitrogens with one attached hydrogen (secondary N) is 1. The predicted octanol–water partition coefficient (Wildman–Crippen LogP) is -2.63. The summed E-state index contributed by atoms with van der Waals surface area (Å²) in [4.78, 5) is 0. The van der Waals surface area contributed by atoms with Crippen LogP contribution in [0.15, 0.2) is 0 Å². The second kappa shape index (κ2) is 8.20. The second-order valence-electron chi connectivity index (χ2n) is 3.20. The molecule has 86 valence electrons. The van der Waals surface area contributed by atoms with Gasteiger partial charge in [-0.1, -0.05) is 0 Å². The van der Waals surface area contributed by atoms with Crippen molar-refractivity contribution in [3.63, 3.8) is 0 Å². The molecule has 0 spiro atoms. The van der Waals surface area contributed by atoms with Crippen molar-refractivity contribution < 1.29 is 51.3 Å². The zero-order valence-corrected chi connectivity index (χ0v) is 12.9. The number of unbranched alkanes of at least 4 members (excludes halogenated alkanes) is 1. The third kappa shape index (κ3) is 17.7. The van der Waals surface area contributed by atoms with Crippen molar-refractivity contribution in [2.75, 3.05) is 26.5 Å². The van der Waals surface area contributed by atoms with Crippen molar-refractivity contribution >= 4 is 17.7 Å². The fourth-order valence-electron chi connectivity index (χ4n) is 0.736. The smallest absolute Gasteiger partial charge is 0.726 e. The van der Waals surface area contributed by atoms with Crippen LogP contribution >= 0.6 is 7.29 Å². The van der Waals surface area contributed by atoms with E-state index in [0.29, 0.717) is 19.4 Å².